The van der Waals surface area contributed by atoms with Gasteiger partial charge in [-0.1, -0.05) is 68.2 Å². The van der Waals surface area contributed by atoms with Gasteiger partial charge in [-0.15, -0.1) is 11.3 Å². The Morgan fingerprint density at radius 2 is 1.75 bits per heavy atom. The fourth-order valence-corrected chi connectivity index (χ4v) is 3.99. The lowest BCUT2D eigenvalue weighted by Gasteiger charge is -2.27. The van der Waals surface area contributed by atoms with Crippen molar-refractivity contribution in [1.82, 2.24) is 5.32 Å². The molecule has 0 aliphatic rings. The van der Waals surface area contributed by atoms with Gasteiger partial charge < -0.3 is 5.32 Å². The van der Waals surface area contributed by atoms with Crippen LogP contribution in [0.4, 0.5) is 0 Å². The molecule has 0 spiro atoms. The maximum atomic E-state index is 6.33. The Balaban J connectivity index is 2.56. The van der Waals surface area contributed by atoms with Crippen LogP contribution in [0.5, 0.6) is 0 Å². The number of hydrogen-bond acceptors (Lipinski definition) is 2. The smallest absolute Gasteiger partial charge is 0.0995 e. The Bertz CT molecular complexity index is 599. The first-order chi connectivity index (χ1) is 9.34. The molecular weight excluding hydrogens is 309 g/mol. The van der Waals surface area contributed by atoms with Crippen molar-refractivity contribution < 1.29 is 0 Å². The van der Waals surface area contributed by atoms with Crippen LogP contribution in [0.2, 0.25) is 8.67 Å². The molecule has 0 fully saturated rings. The van der Waals surface area contributed by atoms with Crippen LogP contribution in [0.1, 0.15) is 43.5 Å². The van der Waals surface area contributed by atoms with Gasteiger partial charge in [-0.05, 0) is 29.7 Å². The predicted octanol–water partition coefficient (Wildman–Crippen LogP) is 5.66. The second kappa shape index (κ2) is 6.07. The van der Waals surface area contributed by atoms with E-state index < -0.39 is 0 Å². The first kappa shape index (κ1) is 15.8. The van der Waals surface area contributed by atoms with Crippen molar-refractivity contribution in [2.45, 2.75) is 32.2 Å². The molecule has 1 atom stereocenters. The van der Waals surface area contributed by atoms with Crippen LogP contribution in [0.3, 0.4) is 0 Å². The Morgan fingerprint density at radius 3 is 2.25 bits per heavy atom. The minimum absolute atomic E-state index is 0.0571. The number of thiophene rings is 1. The van der Waals surface area contributed by atoms with E-state index in [9.17, 15) is 0 Å². The number of nitrogens with one attached hydrogen (secondary N) is 1. The molecule has 1 unspecified atom stereocenters. The molecule has 1 aromatic carbocycles. The van der Waals surface area contributed by atoms with Crippen LogP contribution in [0.25, 0.3) is 0 Å². The summed E-state index contributed by atoms with van der Waals surface area (Å²) in [6.45, 7) is 6.67. The van der Waals surface area contributed by atoms with Crippen LogP contribution in [0, 0.1) is 0 Å². The van der Waals surface area contributed by atoms with Gasteiger partial charge in [0, 0.05) is 5.56 Å². The van der Waals surface area contributed by atoms with E-state index in [2.05, 4.69) is 50.4 Å². The maximum Gasteiger partial charge on any atom is 0.0995 e. The molecule has 0 aliphatic carbocycles. The molecule has 0 saturated carbocycles. The molecule has 2 rings (SSSR count). The Hall–Kier alpha value is -0.540. The van der Waals surface area contributed by atoms with E-state index in [0.717, 1.165) is 14.2 Å². The van der Waals surface area contributed by atoms with E-state index in [0.29, 0.717) is 0 Å². The highest BCUT2D eigenvalue weighted by molar-refractivity contribution is 7.20. The molecule has 1 aromatic heterocycles. The zero-order valence-electron chi connectivity index (χ0n) is 12.1. The van der Waals surface area contributed by atoms with Crippen LogP contribution < -0.4 is 5.32 Å². The third-order valence-electron chi connectivity index (χ3n) is 3.36. The third-order valence-corrected chi connectivity index (χ3v) is 4.88. The lowest BCUT2D eigenvalue weighted by atomic mass is 9.81. The van der Waals surface area contributed by atoms with Gasteiger partial charge in [0.25, 0.3) is 0 Å². The minimum atomic E-state index is 0.0571. The van der Waals surface area contributed by atoms with Gasteiger partial charge in [-0.25, -0.2) is 0 Å². The van der Waals surface area contributed by atoms with Gasteiger partial charge in [-0.3, -0.25) is 0 Å². The van der Waals surface area contributed by atoms with E-state index in [-0.39, 0.29) is 11.5 Å². The van der Waals surface area contributed by atoms with E-state index in [4.69, 9.17) is 23.2 Å². The van der Waals surface area contributed by atoms with Crippen LogP contribution in [-0.4, -0.2) is 7.05 Å². The first-order valence-corrected chi connectivity index (χ1v) is 8.13. The Labute approximate surface area is 134 Å². The zero-order valence-corrected chi connectivity index (χ0v) is 14.5. The topological polar surface area (TPSA) is 12.0 Å². The number of halogens is 2. The molecule has 108 valence electrons. The highest BCUT2D eigenvalue weighted by Crippen LogP contribution is 2.39. The number of benzene rings is 1. The molecule has 1 nitrogen and oxygen atoms in total. The Morgan fingerprint density at radius 1 is 1.10 bits per heavy atom. The zero-order chi connectivity index (χ0) is 14.9. The SMILES string of the molecule is CNC(c1ccccc1C(C)(C)C)c1cc(Cl)sc1Cl. The quantitative estimate of drug-likeness (QED) is 0.766. The molecule has 0 radical (unpaired) electrons. The Kier molecular flexibility index (Phi) is 4.80. The summed E-state index contributed by atoms with van der Waals surface area (Å²) in [5.74, 6) is 0. The van der Waals surface area contributed by atoms with Gasteiger partial charge >= 0.3 is 0 Å². The van der Waals surface area contributed by atoms with Gasteiger partial charge in [0.2, 0.25) is 0 Å². The summed E-state index contributed by atoms with van der Waals surface area (Å²) in [7, 11) is 1.95. The number of rotatable bonds is 3. The molecular formula is C16H19Cl2NS. The average molecular weight is 328 g/mol. The van der Waals surface area contributed by atoms with Gasteiger partial charge in [0.15, 0.2) is 0 Å². The molecule has 2 aromatic rings. The van der Waals surface area contributed by atoms with Crippen molar-refractivity contribution >= 4 is 34.5 Å². The van der Waals surface area contributed by atoms with Crippen LogP contribution >= 0.6 is 34.5 Å². The van der Waals surface area contributed by atoms with Crippen molar-refractivity contribution in [3.05, 3.63) is 55.7 Å². The van der Waals surface area contributed by atoms with E-state index in [1.807, 2.05) is 13.1 Å². The highest BCUT2D eigenvalue weighted by atomic mass is 35.5. The first-order valence-electron chi connectivity index (χ1n) is 6.56. The fraction of sp³-hybridized carbons (Fsp3) is 0.375. The van der Waals surface area contributed by atoms with Crippen molar-refractivity contribution in [3.8, 4) is 0 Å². The van der Waals surface area contributed by atoms with Gasteiger partial charge in [-0.2, -0.15) is 0 Å². The molecule has 0 bridgehead atoms. The average Bonchev–Trinajstić information content (AvgIpc) is 2.69. The van der Waals surface area contributed by atoms with Gasteiger partial charge in [0.1, 0.15) is 0 Å². The van der Waals surface area contributed by atoms with Crippen LogP contribution in [-0.2, 0) is 5.41 Å². The van der Waals surface area contributed by atoms with Crippen molar-refractivity contribution in [2.24, 2.45) is 0 Å². The monoisotopic (exact) mass is 327 g/mol. The summed E-state index contributed by atoms with van der Waals surface area (Å²) in [6, 6.07) is 10.5. The van der Waals surface area contributed by atoms with Crippen molar-refractivity contribution in [2.75, 3.05) is 7.05 Å². The largest absolute Gasteiger partial charge is 0.309 e. The molecule has 4 heteroatoms. The summed E-state index contributed by atoms with van der Waals surface area (Å²) in [4.78, 5) is 0. The standard InChI is InChI=1S/C16H19Cl2NS/c1-16(2,3)12-8-6-5-7-10(12)14(19-4)11-9-13(17)20-15(11)18/h5-9,14,19H,1-4H3. The molecule has 1 N–H and O–H groups in total. The number of hydrogen-bond donors (Lipinski definition) is 1. The van der Waals surface area contributed by atoms with Crippen molar-refractivity contribution in [3.63, 3.8) is 0 Å². The second-order valence-corrected chi connectivity index (χ2v) is 8.12. The molecule has 0 amide bonds. The summed E-state index contributed by atoms with van der Waals surface area (Å²) < 4.78 is 1.47. The normalized spacial score (nSPS) is 13.5. The molecule has 20 heavy (non-hydrogen) atoms. The summed E-state index contributed by atoms with van der Waals surface area (Å²) >= 11 is 13.8. The van der Waals surface area contributed by atoms with E-state index >= 15 is 0 Å². The highest BCUT2D eigenvalue weighted by Gasteiger charge is 2.25. The lowest BCUT2D eigenvalue weighted by Crippen LogP contribution is -2.23. The molecule has 0 aliphatic heterocycles. The van der Waals surface area contributed by atoms with E-state index in [1.165, 1.54) is 22.5 Å². The lowest BCUT2D eigenvalue weighted by molar-refractivity contribution is 0.567. The molecule has 0 saturated heterocycles. The second-order valence-electron chi connectivity index (χ2n) is 5.84. The van der Waals surface area contributed by atoms with E-state index in [1.54, 1.807) is 0 Å². The summed E-state index contributed by atoms with van der Waals surface area (Å²) in [5, 5.41) is 3.36. The predicted molar refractivity (Wildman–Crippen MR) is 90.4 cm³/mol. The maximum absolute atomic E-state index is 6.33. The van der Waals surface area contributed by atoms with Gasteiger partial charge in [0.05, 0.1) is 14.7 Å². The molecule has 1 heterocycles. The minimum Gasteiger partial charge on any atom is -0.309 e. The third kappa shape index (κ3) is 3.20. The van der Waals surface area contributed by atoms with Crippen LogP contribution in [0.15, 0.2) is 30.3 Å². The van der Waals surface area contributed by atoms with Crippen molar-refractivity contribution in [1.29, 1.82) is 0 Å². The fourth-order valence-electron chi connectivity index (χ4n) is 2.46. The summed E-state index contributed by atoms with van der Waals surface area (Å²) in [6.07, 6.45) is 0. The summed E-state index contributed by atoms with van der Waals surface area (Å²) in [5.41, 5.74) is 3.69.